The molecule has 7 nitrogen and oxygen atoms in total. The van der Waals surface area contributed by atoms with Gasteiger partial charge in [0.2, 0.25) is 11.8 Å². The predicted octanol–water partition coefficient (Wildman–Crippen LogP) is 2.18. The summed E-state index contributed by atoms with van der Waals surface area (Å²) in [6.07, 6.45) is -1.35. The number of thioether (sulfide) groups is 1. The predicted molar refractivity (Wildman–Crippen MR) is 103 cm³/mol. The first kappa shape index (κ1) is 20.5. The van der Waals surface area contributed by atoms with Gasteiger partial charge in [0.25, 0.3) is 5.56 Å². The lowest BCUT2D eigenvalue weighted by Gasteiger charge is -2.28. The highest BCUT2D eigenvalue weighted by Gasteiger charge is 2.39. The summed E-state index contributed by atoms with van der Waals surface area (Å²) < 4.78 is 39.3. The van der Waals surface area contributed by atoms with E-state index in [1.54, 1.807) is 0 Å². The number of benzene rings is 1. The summed E-state index contributed by atoms with van der Waals surface area (Å²) in [5.41, 5.74) is -0.802. The SMILES string of the molecule is O=C(Cn1ncc2c(c1=O)N(C1CC1)C(=O)CS2)NCc1cccc(C(F)(F)F)c1. The van der Waals surface area contributed by atoms with E-state index in [0.717, 1.165) is 29.7 Å². The van der Waals surface area contributed by atoms with Gasteiger partial charge in [-0.1, -0.05) is 12.1 Å². The van der Waals surface area contributed by atoms with Crippen molar-refractivity contribution in [3.05, 3.63) is 51.9 Å². The molecule has 1 aromatic carbocycles. The van der Waals surface area contributed by atoms with E-state index in [1.807, 2.05) is 0 Å². The Hall–Kier alpha value is -2.82. The monoisotopic (exact) mass is 438 g/mol. The third kappa shape index (κ3) is 4.20. The molecule has 4 rings (SSSR count). The molecule has 2 amide bonds. The summed E-state index contributed by atoms with van der Waals surface area (Å²) in [7, 11) is 0. The molecule has 0 bridgehead atoms. The molecule has 1 aliphatic heterocycles. The summed E-state index contributed by atoms with van der Waals surface area (Å²) >= 11 is 1.24. The van der Waals surface area contributed by atoms with E-state index in [0.29, 0.717) is 4.90 Å². The van der Waals surface area contributed by atoms with Crippen molar-refractivity contribution in [3.63, 3.8) is 0 Å². The molecule has 2 aliphatic rings. The highest BCUT2D eigenvalue weighted by Crippen LogP contribution is 2.39. The molecular formula is C19H17F3N4O3S. The molecule has 1 saturated carbocycles. The molecule has 0 radical (unpaired) electrons. The van der Waals surface area contributed by atoms with Gasteiger partial charge in [0.15, 0.2) is 0 Å². The number of nitrogens with one attached hydrogen (secondary N) is 1. The van der Waals surface area contributed by atoms with Crippen molar-refractivity contribution in [2.75, 3.05) is 10.7 Å². The molecule has 0 spiro atoms. The number of anilines is 1. The zero-order valence-corrected chi connectivity index (χ0v) is 16.4. The Morgan fingerprint density at radius 2 is 2.03 bits per heavy atom. The number of carbonyl (C=O) groups is 2. The lowest BCUT2D eigenvalue weighted by atomic mass is 10.1. The van der Waals surface area contributed by atoms with Crippen LogP contribution in [0.1, 0.15) is 24.0 Å². The Morgan fingerprint density at radius 3 is 2.73 bits per heavy atom. The summed E-state index contributed by atoms with van der Waals surface area (Å²) in [6.45, 7) is -0.520. The standard InChI is InChI=1S/C19H17F3N4O3S/c20-19(21,22)12-3-1-2-11(6-12)7-23-15(27)9-25-18(29)17-14(8-24-25)30-10-16(28)26(17)13-4-5-13/h1-3,6,8,13H,4-5,7,9-10H2,(H,23,27). The van der Waals surface area contributed by atoms with Crippen LogP contribution < -0.4 is 15.8 Å². The maximum Gasteiger partial charge on any atom is 0.416 e. The van der Waals surface area contributed by atoms with Gasteiger partial charge in [-0.15, -0.1) is 11.8 Å². The van der Waals surface area contributed by atoms with Gasteiger partial charge in [-0.05, 0) is 30.5 Å². The Balaban J connectivity index is 1.47. The fourth-order valence-electron chi connectivity index (χ4n) is 3.21. The van der Waals surface area contributed by atoms with Gasteiger partial charge in [0.1, 0.15) is 12.2 Å². The van der Waals surface area contributed by atoms with Crippen molar-refractivity contribution in [2.24, 2.45) is 0 Å². The van der Waals surface area contributed by atoms with Crippen LogP contribution in [0.2, 0.25) is 0 Å². The molecular weight excluding hydrogens is 421 g/mol. The number of nitrogens with zero attached hydrogens (tertiary/aromatic N) is 3. The van der Waals surface area contributed by atoms with Gasteiger partial charge in [-0.25, -0.2) is 4.68 Å². The van der Waals surface area contributed by atoms with Crippen LogP contribution >= 0.6 is 11.8 Å². The zero-order chi connectivity index (χ0) is 21.5. The molecule has 30 heavy (non-hydrogen) atoms. The molecule has 2 aromatic rings. The van der Waals surface area contributed by atoms with Gasteiger partial charge in [-0.3, -0.25) is 14.4 Å². The maximum atomic E-state index is 12.9. The number of halogens is 3. The molecule has 0 saturated heterocycles. The van der Waals surface area contributed by atoms with E-state index >= 15 is 0 Å². The Morgan fingerprint density at radius 1 is 1.27 bits per heavy atom. The molecule has 0 unspecified atom stereocenters. The number of aromatic nitrogens is 2. The van der Waals surface area contributed by atoms with Crippen molar-refractivity contribution in [1.82, 2.24) is 15.1 Å². The number of rotatable bonds is 5. The topological polar surface area (TPSA) is 84.3 Å². The third-order valence-corrected chi connectivity index (χ3v) is 5.80. The zero-order valence-electron chi connectivity index (χ0n) is 15.6. The van der Waals surface area contributed by atoms with Gasteiger partial charge in [-0.2, -0.15) is 18.3 Å². The first-order valence-corrected chi connectivity index (χ1v) is 10.2. The summed E-state index contributed by atoms with van der Waals surface area (Å²) in [5, 5.41) is 6.50. The van der Waals surface area contributed by atoms with E-state index in [-0.39, 0.29) is 35.5 Å². The fraction of sp³-hybridized carbons (Fsp3) is 0.368. The second kappa shape index (κ2) is 7.78. The van der Waals surface area contributed by atoms with E-state index in [1.165, 1.54) is 35.0 Å². The lowest BCUT2D eigenvalue weighted by Crippen LogP contribution is -2.43. The smallest absolute Gasteiger partial charge is 0.350 e. The van der Waals surface area contributed by atoms with Crippen LogP contribution in [0.25, 0.3) is 0 Å². The Bertz CT molecular complexity index is 1070. The minimum absolute atomic E-state index is 0.00966. The molecule has 11 heteroatoms. The number of fused-ring (bicyclic) bond motifs is 1. The normalized spacial score (nSPS) is 16.4. The van der Waals surface area contributed by atoms with Gasteiger partial charge >= 0.3 is 6.18 Å². The highest BCUT2D eigenvalue weighted by molar-refractivity contribution is 8.00. The van der Waals surface area contributed by atoms with E-state index in [2.05, 4.69) is 10.4 Å². The van der Waals surface area contributed by atoms with Crippen molar-refractivity contribution in [3.8, 4) is 0 Å². The van der Waals surface area contributed by atoms with Crippen molar-refractivity contribution >= 4 is 29.3 Å². The number of hydrogen-bond donors (Lipinski definition) is 1. The quantitative estimate of drug-likeness (QED) is 0.774. The minimum atomic E-state index is -4.47. The third-order valence-electron chi connectivity index (χ3n) is 4.79. The van der Waals surface area contributed by atoms with Crippen molar-refractivity contribution < 1.29 is 22.8 Å². The van der Waals surface area contributed by atoms with Gasteiger partial charge in [0.05, 0.1) is 22.4 Å². The lowest BCUT2D eigenvalue weighted by molar-refractivity contribution is -0.137. The Kier molecular flexibility index (Phi) is 5.31. The summed E-state index contributed by atoms with van der Waals surface area (Å²) in [5.74, 6) is -0.472. The molecule has 158 valence electrons. The first-order valence-electron chi connectivity index (χ1n) is 9.22. The largest absolute Gasteiger partial charge is 0.416 e. The number of amides is 2. The van der Waals surface area contributed by atoms with Gasteiger partial charge in [0, 0.05) is 12.6 Å². The summed E-state index contributed by atoms with van der Waals surface area (Å²) in [4.78, 5) is 39.5. The molecule has 1 N–H and O–H groups in total. The fourth-order valence-corrected chi connectivity index (χ4v) is 4.07. The number of carbonyl (C=O) groups excluding carboxylic acids is 2. The molecule has 1 aliphatic carbocycles. The van der Waals surface area contributed by atoms with Crippen LogP contribution in [0.15, 0.2) is 40.2 Å². The average Bonchev–Trinajstić information content (AvgIpc) is 3.53. The molecule has 1 fully saturated rings. The Labute approximate surface area is 173 Å². The average molecular weight is 438 g/mol. The second-order valence-electron chi connectivity index (χ2n) is 7.08. The van der Waals surface area contributed by atoms with Crippen LogP contribution in [0.4, 0.5) is 18.9 Å². The first-order chi connectivity index (χ1) is 14.2. The van der Waals surface area contributed by atoms with E-state index < -0.39 is 29.8 Å². The molecule has 1 aromatic heterocycles. The minimum Gasteiger partial charge on any atom is -0.350 e. The van der Waals surface area contributed by atoms with Crippen LogP contribution in [0, 0.1) is 0 Å². The molecule has 2 heterocycles. The van der Waals surface area contributed by atoms with E-state index in [9.17, 15) is 27.6 Å². The highest BCUT2D eigenvalue weighted by atomic mass is 32.2. The van der Waals surface area contributed by atoms with Gasteiger partial charge < -0.3 is 10.2 Å². The number of hydrogen-bond acceptors (Lipinski definition) is 5. The van der Waals surface area contributed by atoms with Crippen molar-refractivity contribution in [1.29, 1.82) is 0 Å². The van der Waals surface area contributed by atoms with Crippen LogP contribution in [0.5, 0.6) is 0 Å². The second-order valence-corrected chi connectivity index (χ2v) is 8.10. The van der Waals surface area contributed by atoms with Crippen molar-refractivity contribution in [2.45, 2.75) is 43.0 Å². The maximum absolute atomic E-state index is 12.9. The van der Waals surface area contributed by atoms with Crippen LogP contribution in [-0.4, -0.2) is 33.4 Å². The summed E-state index contributed by atoms with van der Waals surface area (Å²) in [6, 6.07) is 4.65. The van der Waals surface area contributed by atoms with Crippen LogP contribution in [0.3, 0.4) is 0 Å². The van der Waals surface area contributed by atoms with E-state index in [4.69, 9.17) is 0 Å². The number of alkyl halides is 3. The van der Waals surface area contributed by atoms with Crippen LogP contribution in [-0.2, 0) is 28.9 Å². The molecule has 0 atom stereocenters.